The Balaban J connectivity index is 1.22. The monoisotopic (exact) mass is 684 g/mol. The van der Waals surface area contributed by atoms with Crippen molar-refractivity contribution < 1.29 is 14.3 Å². The zero-order valence-corrected chi connectivity index (χ0v) is 32.6. The minimum Gasteiger partial charge on any atom is -0.462 e. The molecule has 6 heteroatoms. The number of carbonyl (C=O) groups is 2. The average Bonchev–Trinajstić information content (AvgIpc) is 3.43. The Morgan fingerprint density at radius 2 is 1.53 bits per heavy atom. The first kappa shape index (κ1) is 40.4. The number of hydrogen-bond donors (Lipinski definition) is 2. The van der Waals surface area contributed by atoms with Gasteiger partial charge in [0.2, 0.25) is 5.91 Å². The van der Waals surface area contributed by atoms with Gasteiger partial charge in [-0.2, -0.15) is 0 Å². The van der Waals surface area contributed by atoms with E-state index >= 15 is 0 Å². The fraction of sp³-hybridized carbons (Fsp3) is 0.907. The van der Waals surface area contributed by atoms with E-state index in [-0.39, 0.29) is 23.4 Å². The highest BCUT2D eigenvalue weighted by molar-refractivity contribution is 5.77. The standard InChI is InChI=1S/C43H77N3O3/c1-32(2)15-12-16-33(3)37-21-22-38-36-20-19-34-31-35(23-25-42(34,4)39(36)24-26-43(37,38)5)49-41(48)18-13-17-40(47)46(30-14-28-45)29-11-9-7-6-8-10-27-44/h19,32-33,35-39H,6-18,20-31,44-45H2,1-5H3/t33-,35+,36+,37-,38+,39+,42+,43-/m1/s1. The molecule has 0 heterocycles. The number of nitrogens with two attached hydrogens (primary N) is 2. The van der Waals surface area contributed by atoms with Crippen LogP contribution in [-0.2, 0) is 14.3 Å². The Morgan fingerprint density at radius 1 is 0.816 bits per heavy atom. The Labute approximate surface area is 301 Å². The molecule has 1 amide bonds. The van der Waals surface area contributed by atoms with Crippen LogP contribution in [0.4, 0.5) is 0 Å². The molecule has 0 saturated heterocycles. The van der Waals surface area contributed by atoms with Gasteiger partial charge in [-0.05, 0) is 130 Å². The molecule has 0 radical (unpaired) electrons. The van der Waals surface area contributed by atoms with Gasteiger partial charge >= 0.3 is 5.97 Å². The zero-order chi connectivity index (χ0) is 35.4. The summed E-state index contributed by atoms with van der Waals surface area (Å²) in [6.45, 7) is 15.4. The van der Waals surface area contributed by atoms with Crippen LogP contribution in [0, 0.1) is 46.3 Å². The largest absolute Gasteiger partial charge is 0.462 e. The number of unbranched alkanes of at least 4 members (excludes halogenated alkanes) is 5. The zero-order valence-electron chi connectivity index (χ0n) is 32.6. The second-order valence-electron chi connectivity index (χ2n) is 17.9. The van der Waals surface area contributed by atoms with Crippen LogP contribution in [0.5, 0.6) is 0 Å². The molecule has 282 valence electrons. The molecule has 0 aliphatic heterocycles. The van der Waals surface area contributed by atoms with E-state index in [0.717, 1.165) is 93.5 Å². The Morgan fingerprint density at radius 3 is 2.27 bits per heavy atom. The summed E-state index contributed by atoms with van der Waals surface area (Å²) in [5.74, 6) is 5.05. The van der Waals surface area contributed by atoms with Crippen molar-refractivity contribution in [2.75, 3.05) is 26.2 Å². The van der Waals surface area contributed by atoms with Crippen LogP contribution in [-0.4, -0.2) is 49.1 Å². The minimum atomic E-state index is -0.130. The van der Waals surface area contributed by atoms with Crippen LogP contribution in [0.2, 0.25) is 0 Å². The van der Waals surface area contributed by atoms with Crippen LogP contribution < -0.4 is 11.5 Å². The topological polar surface area (TPSA) is 98.7 Å². The lowest BCUT2D eigenvalue weighted by Gasteiger charge is -2.58. The van der Waals surface area contributed by atoms with E-state index in [1.54, 1.807) is 5.57 Å². The number of esters is 1. The molecule has 4 aliphatic rings. The van der Waals surface area contributed by atoms with E-state index in [1.807, 2.05) is 4.90 Å². The summed E-state index contributed by atoms with van der Waals surface area (Å²) in [7, 11) is 0. The lowest BCUT2D eigenvalue weighted by atomic mass is 9.47. The van der Waals surface area contributed by atoms with Gasteiger partial charge in [0.25, 0.3) is 0 Å². The number of amides is 1. The van der Waals surface area contributed by atoms with Crippen LogP contribution in [0.3, 0.4) is 0 Å². The lowest BCUT2D eigenvalue weighted by molar-refractivity contribution is -0.151. The third kappa shape index (κ3) is 10.6. The first-order valence-electron chi connectivity index (χ1n) is 21.1. The van der Waals surface area contributed by atoms with E-state index in [1.165, 1.54) is 70.6 Å². The van der Waals surface area contributed by atoms with Gasteiger partial charge in [0.15, 0.2) is 0 Å². The number of fused-ring (bicyclic) bond motifs is 5. The Kier molecular flexibility index (Phi) is 16.0. The van der Waals surface area contributed by atoms with Crippen molar-refractivity contribution in [3.8, 4) is 0 Å². The molecule has 0 aromatic carbocycles. The second kappa shape index (κ2) is 19.4. The Hall–Kier alpha value is -1.40. The van der Waals surface area contributed by atoms with Crippen molar-refractivity contribution >= 4 is 11.9 Å². The van der Waals surface area contributed by atoms with Crippen molar-refractivity contribution in [2.45, 2.75) is 176 Å². The number of carbonyl (C=O) groups excluding carboxylic acids is 2. The van der Waals surface area contributed by atoms with E-state index in [4.69, 9.17) is 16.2 Å². The molecule has 8 atom stereocenters. The second-order valence-corrected chi connectivity index (χ2v) is 17.9. The summed E-state index contributed by atoms with van der Waals surface area (Å²) in [5, 5.41) is 0. The van der Waals surface area contributed by atoms with Crippen molar-refractivity contribution in [3.63, 3.8) is 0 Å². The number of rotatable bonds is 21. The Bertz CT molecular complexity index is 1060. The van der Waals surface area contributed by atoms with Gasteiger partial charge in [0.05, 0.1) is 0 Å². The van der Waals surface area contributed by atoms with Crippen molar-refractivity contribution in [3.05, 3.63) is 11.6 Å². The molecule has 4 rings (SSSR count). The predicted molar refractivity (Wildman–Crippen MR) is 204 cm³/mol. The van der Waals surface area contributed by atoms with E-state index in [9.17, 15) is 9.59 Å². The molecular formula is C43H77N3O3. The highest BCUT2D eigenvalue weighted by Gasteiger charge is 2.59. The summed E-state index contributed by atoms with van der Waals surface area (Å²) in [4.78, 5) is 28.0. The average molecular weight is 684 g/mol. The normalized spacial score (nSPS) is 31.4. The third-order valence-corrected chi connectivity index (χ3v) is 14.2. The van der Waals surface area contributed by atoms with Crippen LogP contribution in [0.25, 0.3) is 0 Å². The van der Waals surface area contributed by atoms with Crippen LogP contribution in [0.15, 0.2) is 11.6 Å². The highest BCUT2D eigenvalue weighted by Crippen LogP contribution is 2.67. The molecule has 0 spiro atoms. The summed E-state index contributed by atoms with van der Waals surface area (Å²) < 4.78 is 6.09. The fourth-order valence-corrected chi connectivity index (χ4v) is 11.3. The molecule has 49 heavy (non-hydrogen) atoms. The molecule has 0 aromatic rings. The maximum Gasteiger partial charge on any atom is 0.306 e. The van der Waals surface area contributed by atoms with Crippen molar-refractivity contribution in [2.24, 2.45) is 57.8 Å². The van der Waals surface area contributed by atoms with E-state index in [2.05, 4.69) is 40.7 Å². The quantitative estimate of drug-likeness (QED) is 0.0713. The summed E-state index contributed by atoms with van der Waals surface area (Å²) in [6, 6.07) is 0. The molecule has 0 aromatic heterocycles. The molecule has 3 saturated carbocycles. The van der Waals surface area contributed by atoms with Gasteiger partial charge in [-0.3, -0.25) is 9.59 Å². The van der Waals surface area contributed by atoms with Gasteiger partial charge in [-0.1, -0.05) is 91.2 Å². The van der Waals surface area contributed by atoms with E-state index < -0.39 is 0 Å². The number of ether oxygens (including phenoxy) is 1. The maximum absolute atomic E-state index is 13.0. The summed E-state index contributed by atoms with van der Waals surface area (Å²) in [5.41, 5.74) is 13.7. The maximum atomic E-state index is 13.0. The minimum absolute atomic E-state index is 0.0126. The van der Waals surface area contributed by atoms with Gasteiger partial charge in [-0.25, -0.2) is 0 Å². The fourth-order valence-electron chi connectivity index (χ4n) is 11.3. The van der Waals surface area contributed by atoms with Crippen molar-refractivity contribution in [1.29, 1.82) is 0 Å². The first-order valence-corrected chi connectivity index (χ1v) is 21.1. The molecule has 0 bridgehead atoms. The lowest BCUT2D eigenvalue weighted by Crippen LogP contribution is -2.51. The number of nitrogens with zero attached hydrogens (tertiary/aromatic N) is 1. The smallest absolute Gasteiger partial charge is 0.306 e. The number of allylic oxidation sites excluding steroid dienone is 1. The van der Waals surface area contributed by atoms with Gasteiger partial charge in [0.1, 0.15) is 6.10 Å². The molecule has 0 unspecified atom stereocenters. The molecule has 4 aliphatic carbocycles. The first-order chi connectivity index (χ1) is 23.5. The highest BCUT2D eigenvalue weighted by atomic mass is 16.5. The third-order valence-electron chi connectivity index (χ3n) is 14.2. The predicted octanol–water partition coefficient (Wildman–Crippen LogP) is 9.59. The summed E-state index contributed by atoms with van der Waals surface area (Å²) in [6.07, 6.45) is 25.6. The van der Waals surface area contributed by atoms with Crippen LogP contribution >= 0.6 is 0 Å². The van der Waals surface area contributed by atoms with Gasteiger partial charge < -0.3 is 21.1 Å². The number of hydrogen-bond acceptors (Lipinski definition) is 5. The summed E-state index contributed by atoms with van der Waals surface area (Å²) >= 11 is 0. The van der Waals surface area contributed by atoms with Crippen molar-refractivity contribution in [1.82, 2.24) is 4.90 Å². The molecule has 3 fully saturated rings. The van der Waals surface area contributed by atoms with Gasteiger partial charge in [0, 0.05) is 32.4 Å². The van der Waals surface area contributed by atoms with Crippen LogP contribution in [0.1, 0.15) is 169 Å². The van der Waals surface area contributed by atoms with Gasteiger partial charge in [-0.15, -0.1) is 0 Å². The SMILES string of the molecule is CC(C)CCC[C@@H](C)[C@H]1CC[C@H]2[C@@H]3CC=C4C[C@@H](OC(=O)CCCC(=O)N(CCCN)CCCCCCCCN)CC[C@]4(C)[C@H]3CC[C@]12C. The van der Waals surface area contributed by atoms with E-state index in [0.29, 0.717) is 37.8 Å². The molecule has 6 nitrogen and oxygen atoms in total. The molecular weight excluding hydrogens is 606 g/mol. The molecule has 4 N–H and O–H groups in total.